The second kappa shape index (κ2) is 7.65. The van der Waals surface area contributed by atoms with E-state index in [1.807, 2.05) is 54.6 Å². The van der Waals surface area contributed by atoms with Gasteiger partial charge in [-0.15, -0.1) is 0 Å². The molecular weight excluding hydrogens is 432 g/mol. The Labute approximate surface area is 196 Å². The van der Waals surface area contributed by atoms with E-state index in [9.17, 15) is 13.9 Å². The van der Waals surface area contributed by atoms with E-state index < -0.39 is 17.6 Å². The average Bonchev–Trinajstić information content (AvgIpc) is 3.68. The number of nitrogens with zero attached hydrogens (tertiary/aromatic N) is 2. The number of alkyl halides is 2. The van der Waals surface area contributed by atoms with Crippen molar-refractivity contribution in [2.45, 2.75) is 43.2 Å². The number of pyridine rings is 2. The lowest BCUT2D eigenvalue weighted by atomic mass is 9.60. The highest BCUT2D eigenvalue weighted by atomic mass is 19.3. The van der Waals surface area contributed by atoms with Crippen LogP contribution >= 0.6 is 0 Å². The van der Waals surface area contributed by atoms with Crippen LogP contribution in [-0.4, -0.2) is 20.7 Å². The zero-order valence-electron chi connectivity index (χ0n) is 18.6. The topological polar surface area (TPSA) is 72.0 Å². The van der Waals surface area contributed by atoms with E-state index in [0.29, 0.717) is 35.4 Å². The molecule has 172 valence electrons. The Balaban J connectivity index is 1.43. The standard InChI is InChI=1S/C28H25F2N3O/c29-26(30)25-22-14-21(17-4-2-1-3-5-17)24(33-23(22)12-13-32-25)18-6-8-19(9-7-18)27(31)15-28(34,16-27)20-10-11-20/h1-9,12-14,20,26,34H,10-11,15-16,31H2. The Kier molecular flexibility index (Phi) is 4.80. The van der Waals surface area contributed by atoms with Crippen LogP contribution in [-0.2, 0) is 5.54 Å². The van der Waals surface area contributed by atoms with Crippen molar-refractivity contribution in [1.29, 1.82) is 0 Å². The number of halogens is 2. The van der Waals surface area contributed by atoms with E-state index >= 15 is 0 Å². The van der Waals surface area contributed by atoms with Crippen molar-refractivity contribution in [3.05, 3.63) is 84.2 Å². The average molecular weight is 458 g/mol. The molecule has 0 amide bonds. The van der Waals surface area contributed by atoms with Gasteiger partial charge < -0.3 is 10.8 Å². The first kappa shape index (κ1) is 21.3. The van der Waals surface area contributed by atoms with E-state index in [2.05, 4.69) is 4.98 Å². The molecule has 0 unspecified atom stereocenters. The molecule has 0 radical (unpaired) electrons. The summed E-state index contributed by atoms with van der Waals surface area (Å²) in [7, 11) is 0. The van der Waals surface area contributed by atoms with Crippen LogP contribution in [0.4, 0.5) is 8.78 Å². The van der Waals surface area contributed by atoms with E-state index in [1.54, 1.807) is 12.1 Å². The molecule has 0 spiro atoms. The minimum atomic E-state index is -2.68. The van der Waals surface area contributed by atoms with Gasteiger partial charge in [0, 0.05) is 28.2 Å². The van der Waals surface area contributed by atoms with Gasteiger partial charge in [-0.2, -0.15) is 0 Å². The van der Waals surface area contributed by atoms with Gasteiger partial charge >= 0.3 is 0 Å². The van der Waals surface area contributed by atoms with E-state index in [0.717, 1.165) is 35.1 Å². The summed E-state index contributed by atoms with van der Waals surface area (Å²) in [4.78, 5) is 8.70. The Hall–Kier alpha value is -3.22. The second-order valence-electron chi connectivity index (χ2n) is 9.78. The largest absolute Gasteiger partial charge is 0.389 e. The fourth-order valence-electron chi connectivity index (χ4n) is 5.46. The summed E-state index contributed by atoms with van der Waals surface area (Å²) < 4.78 is 27.3. The summed E-state index contributed by atoms with van der Waals surface area (Å²) in [5.74, 6) is 0.395. The second-order valence-corrected chi connectivity index (χ2v) is 9.78. The first-order valence-electron chi connectivity index (χ1n) is 11.6. The highest BCUT2D eigenvalue weighted by Gasteiger charge is 2.58. The van der Waals surface area contributed by atoms with Crippen LogP contribution in [0.2, 0.25) is 0 Å². The third-order valence-corrected chi connectivity index (χ3v) is 7.38. The summed E-state index contributed by atoms with van der Waals surface area (Å²) >= 11 is 0. The zero-order chi connectivity index (χ0) is 23.5. The minimum Gasteiger partial charge on any atom is -0.389 e. The Morgan fingerprint density at radius 3 is 2.29 bits per heavy atom. The highest BCUT2D eigenvalue weighted by Crippen LogP contribution is 2.57. The molecule has 2 fully saturated rings. The third kappa shape index (κ3) is 3.49. The van der Waals surface area contributed by atoms with E-state index in [1.165, 1.54) is 6.20 Å². The number of nitrogens with two attached hydrogens (primary N) is 1. The Bertz CT molecular complexity index is 1360. The van der Waals surface area contributed by atoms with Gasteiger partial charge in [0.25, 0.3) is 6.43 Å². The zero-order valence-corrected chi connectivity index (χ0v) is 18.6. The van der Waals surface area contributed by atoms with Crippen LogP contribution in [0.25, 0.3) is 33.3 Å². The number of hydrogen-bond acceptors (Lipinski definition) is 4. The van der Waals surface area contributed by atoms with Crippen LogP contribution < -0.4 is 5.73 Å². The fourth-order valence-corrected chi connectivity index (χ4v) is 5.46. The van der Waals surface area contributed by atoms with Crippen LogP contribution in [0.15, 0.2) is 72.9 Å². The summed E-state index contributed by atoms with van der Waals surface area (Å²) in [5, 5.41) is 11.1. The monoisotopic (exact) mass is 457 g/mol. The predicted octanol–water partition coefficient (Wildman–Crippen LogP) is 5.99. The minimum absolute atomic E-state index is 0.262. The van der Waals surface area contributed by atoms with E-state index in [4.69, 9.17) is 10.7 Å². The molecular formula is C28H25F2N3O. The Morgan fingerprint density at radius 2 is 1.65 bits per heavy atom. The van der Waals surface area contributed by atoms with Crippen molar-refractivity contribution >= 4 is 10.9 Å². The molecule has 0 bridgehead atoms. The smallest absolute Gasteiger partial charge is 0.281 e. The van der Waals surface area contributed by atoms with Crippen LogP contribution in [0.5, 0.6) is 0 Å². The van der Waals surface area contributed by atoms with Crippen molar-refractivity contribution in [2.24, 2.45) is 11.7 Å². The molecule has 34 heavy (non-hydrogen) atoms. The first-order chi connectivity index (χ1) is 16.4. The SMILES string of the molecule is NC1(c2ccc(-c3nc4ccnc(C(F)F)c4cc3-c3ccccc3)cc2)CC(O)(C2CC2)C1. The summed E-state index contributed by atoms with van der Waals surface area (Å²) in [5.41, 5.74) is 9.96. The lowest BCUT2D eigenvalue weighted by molar-refractivity contribution is -0.106. The molecule has 2 aliphatic carbocycles. The maximum absolute atomic E-state index is 13.6. The number of rotatable bonds is 5. The quantitative estimate of drug-likeness (QED) is 0.386. The molecule has 2 saturated carbocycles. The maximum atomic E-state index is 13.6. The Morgan fingerprint density at radius 1 is 0.941 bits per heavy atom. The lowest BCUT2D eigenvalue weighted by Gasteiger charge is -2.52. The molecule has 0 atom stereocenters. The van der Waals surface area contributed by atoms with Crippen molar-refractivity contribution in [3.8, 4) is 22.4 Å². The summed E-state index contributed by atoms with van der Waals surface area (Å²) in [6, 6.07) is 21.0. The van der Waals surface area contributed by atoms with Gasteiger partial charge in [-0.3, -0.25) is 4.98 Å². The first-order valence-corrected chi connectivity index (χ1v) is 11.6. The predicted molar refractivity (Wildman–Crippen MR) is 128 cm³/mol. The summed E-state index contributed by atoms with van der Waals surface area (Å²) in [6.45, 7) is 0. The van der Waals surface area contributed by atoms with Gasteiger partial charge in [-0.25, -0.2) is 13.8 Å². The van der Waals surface area contributed by atoms with Gasteiger partial charge in [0.2, 0.25) is 0 Å². The van der Waals surface area contributed by atoms with Crippen LogP contribution in [0.1, 0.15) is 43.4 Å². The van der Waals surface area contributed by atoms with E-state index in [-0.39, 0.29) is 5.69 Å². The molecule has 0 saturated heterocycles. The number of benzene rings is 2. The van der Waals surface area contributed by atoms with Crippen molar-refractivity contribution in [3.63, 3.8) is 0 Å². The molecule has 0 aliphatic heterocycles. The molecule has 3 N–H and O–H groups in total. The van der Waals surface area contributed by atoms with Gasteiger partial charge in [0.1, 0.15) is 5.69 Å². The molecule has 6 rings (SSSR count). The molecule has 4 aromatic rings. The highest BCUT2D eigenvalue weighted by molar-refractivity contribution is 5.92. The normalized spacial score (nSPS) is 24.4. The van der Waals surface area contributed by atoms with Gasteiger partial charge in [0.05, 0.1) is 16.8 Å². The molecule has 2 aromatic heterocycles. The number of aromatic nitrogens is 2. The third-order valence-electron chi connectivity index (χ3n) is 7.38. The molecule has 6 heteroatoms. The molecule has 4 nitrogen and oxygen atoms in total. The van der Waals surface area contributed by atoms with Gasteiger partial charge in [-0.1, -0.05) is 54.6 Å². The van der Waals surface area contributed by atoms with Crippen molar-refractivity contribution in [1.82, 2.24) is 9.97 Å². The van der Waals surface area contributed by atoms with Crippen molar-refractivity contribution in [2.75, 3.05) is 0 Å². The fraction of sp³-hybridized carbons (Fsp3) is 0.286. The number of hydrogen-bond donors (Lipinski definition) is 2. The van der Waals surface area contributed by atoms with Gasteiger partial charge in [-0.05, 0) is 54.9 Å². The molecule has 2 heterocycles. The number of aliphatic hydroxyl groups is 1. The maximum Gasteiger partial charge on any atom is 0.281 e. The summed E-state index contributed by atoms with van der Waals surface area (Å²) in [6.07, 6.45) is 2.03. The van der Waals surface area contributed by atoms with Crippen LogP contribution in [0.3, 0.4) is 0 Å². The molecule has 2 aromatic carbocycles. The van der Waals surface area contributed by atoms with Gasteiger partial charge in [0.15, 0.2) is 0 Å². The van der Waals surface area contributed by atoms with Crippen molar-refractivity contribution < 1.29 is 13.9 Å². The van der Waals surface area contributed by atoms with Crippen LogP contribution in [0, 0.1) is 5.92 Å². The molecule has 2 aliphatic rings. The number of fused-ring (bicyclic) bond motifs is 1. The lowest BCUT2D eigenvalue weighted by Crippen LogP contribution is -2.60.